The van der Waals surface area contributed by atoms with Crippen LogP contribution in [0.25, 0.3) is 0 Å². The van der Waals surface area contributed by atoms with Gasteiger partial charge in [-0.3, -0.25) is 4.79 Å². The van der Waals surface area contributed by atoms with Gasteiger partial charge in [0.05, 0.1) is 6.04 Å². The van der Waals surface area contributed by atoms with Crippen molar-refractivity contribution in [1.29, 1.82) is 0 Å². The Bertz CT molecular complexity index is 458. The largest absolute Gasteiger partial charge is 0.443 e. The number of Topliss-reactive ketones (excluding diaryl/α,β-unsaturated/α-hetero) is 1. The van der Waals surface area contributed by atoms with Crippen molar-refractivity contribution in [2.75, 3.05) is 0 Å². The summed E-state index contributed by atoms with van der Waals surface area (Å²) in [6.07, 6.45) is -0.545. The van der Waals surface area contributed by atoms with E-state index in [-0.39, 0.29) is 23.7 Å². The predicted molar refractivity (Wildman–Crippen MR) is 79.3 cm³/mol. The Balaban J connectivity index is 2.14. The van der Waals surface area contributed by atoms with Crippen LogP contribution < -0.4 is 0 Å². The molecule has 0 bridgehead atoms. The molecule has 0 aromatic heterocycles. The number of rotatable bonds is 1. The van der Waals surface area contributed by atoms with Crippen molar-refractivity contribution in [1.82, 2.24) is 4.90 Å². The second-order valence-corrected chi connectivity index (χ2v) is 8.10. The first kappa shape index (κ1) is 16.8. The number of hydrogen-bond acceptors (Lipinski definition) is 5. The molecule has 2 amide bonds. The first-order chi connectivity index (χ1) is 9.89. The molecule has 2 aliphatic rings. The average molecular weight is 311 g/mol. The van der Waals surface area contributed by atoms with E-state index < -0.39 is 23.4 Å². The van der Waals surface area contributed by atoms with E-state index in [1.807, 2.05) is 0 Å². The maximum absolute atomic E-state index is 12.4. The number of ether oxygens (including phenoxy) is 2. The van der Waals surface area contributed by atoms with Crippen molar-refractivity contribution in [2.45, 2.75) is 71.6 Å². The Hall–Kier alpha value is -1.59. The fourth-order valence-electron chi connectivity index (χ4n) is 2.90. The third-order valence-corrected chi connectivity index (χ3v) is 3.69. The van der Waals surface area contributed by atoms with Crippen molar-refractivity contribution in [2.24, 2.45) is 11.8 Å². The second-order valence-electron chi connectivity index (χ2n) is 8.10. The minimum absolute atomic E-state index is 0.0625. The standard InChI is InChI=1S/C16H25NO5/c1-15(2,3)21-13(19)17(14(20)22-16(4,5)6)12-10-7-9(18)8-11(10)12/h10-12H,7-8H2,1-6H3/t10-,11+,12+. The van der Waals surface area contributed by atoms with Gasteiger partial charge >= 0.3 is 12.2 Å². The summed E-state index contributed by atoms with van der Waals surface area (Å²) in [5.41, 5.74) is -1.39. The number of amides is 2. The third kappa shape index (κ3) is 3.78. The maximum atomic E-state index is 12.4. The highest BCUT2D eigenvalue weighted by molar-refractivity contribution is 5.91. The van der Waals surface area contributed by atoms with Crippen molar-refractivity contribution in [3.63, 3.8) is 0 Å². The first-order valence-corrected chi connectivity index (χ1v) is 7.66. The van der Waals surface area contributed by atoms with Crippen LogP contribution in [-0.2, 0) is 14.3 Å². The lowest BCUT2D eigenvalue weighted by Crippen LogP contribution is -2.46. The lowest BCUT2D eigenvalue weighted by Gasteiger charge is -2.29. The van der Waals surface area contributed by atoms with Crippen LogP contribution in [0.1, 0.15) is 54.4 Å². The van der Waals surface area contributed by atoms with Crippen molar-refractivity contribution in [3.8, 4) is 0 Å². The molecule has 22 heavy (non-hydrogen) atoms. The Morgan fingerprint density at radius 3 is 1.59 bits per heavy atom. The molecule has 2 aliphatic carbocycles. The van der Waals surface area contributed by atoms with E-state index in [0.717, 1.165) is 4.90 Å². The zero-order valence-electron chi connectivity index (χ0n) is 14.1. The van der Waals surface area contributed by atoms with Crippen LogP contribution in [0.3, 0.4) is 0 Å². The van der Waals surface area contributed by atoms with Crippen LogP contribution in [0.2, 0.25) is 0 Å². The van der Waals surface area contributed by atoms with Gasteiger partial charge in [0.15, 0.2) is 0 Å². The number of carbonyl (C=O) groups is 3. The second kappa shape index (κ2) is 5.25. The molecule has 6 nitrogen and oxygen atoms in total. The SMILES string of the molecule is CC(C)(C)OC(=O)N(C(=O)OC(C)(C)C)[C@H]1[C@@H]2CC(=O)C[C@@H]21. The summed E-state index contributed by atoms with van der Waals surface area (Å²) >= 11 is 0. The zero-order chi connectivity index (χ0) is 16.9. The molecule has 0 aromatic rings. The molecule has 3 atom stereocenters. The van der Waals surface area contributed by atoms with Gasteiger partial charge in [-0.25, -0.2) is 14.5 Å². The average Bonchev–Trinajstić information content (AvgIpc) is 2.75. The fourth-order valence-corrected chi connectivity index (χ4v) is 2.90. The molecule has 0 radical (unpaired) electrons. The number of nitrogens with zero attached hydrogens (tertiary/aromatic N) is 1. The molecule has 2 fully saturated rings. The predicted octanol–water partition coefficient (Wildman–Crippen LogP) is 3.14. The lowest BCUT2D eigenvalue weighted by molar-refractivity contribution is -0.118. The topological polar surface area (TPSA) is 72.9 Å². The summed E-state index contributed by atoms with van der Waals surface area (Å²) in [6, 6.07) is -0.276. The quantitative estimate of drug-likeness (QED) is 0.744. The highest BCUT2D eigenvalue weighted by Gasteiger charge is 2.62. The molecule has 0 spiro atoms. The third-order valence-electron chi connectivity index (χ3n) is 3.69. The van der Waals surface area contributed by atoms with Crippen LogP contribution in [0.5, 0.6) is 0 Å². The first-order valence-electron chi connectivity index (χ1n) is 7.66. The Morgan fingerprint density at radius 1 is 0.909 bits per heavy atom. The number of carbonyl (C=O) groups excluding carboxylic acids is 3. The zero-order valence-corrected chi connectivity index (χ0v) is 14.1. The van der Waals surface area contributed by atoms with Gasteiger partial charge in [0.1, 0.15) is 17.0 Å². The van der Waals surface area contributed by atoms with Crippen molar-refractivity contribution < 1.29 is 23.9 Å². The Morgan fingerprint density at radius 2 is 1.27 bits per heavy atom. The van der Waals surface area contributed by atoms with Crippen LogP contribution in [0, 0.1) is 11.8 Å². The smallest absolute Gasteiger partial charge is 0.420 e. The van der Waals surface area contributed by atoms with Crippen LogP contribution in [0.15, 0.2) is 0 Å². The molecule has 0 aliphatic heterocycles. The molecular formula is C16H25NO5. The van der Waals surface area contributed by atoms with Crippen molar-refractivity contribution in [3.05, 3.63) is 0 Å². The van der Waals surface area contributed by atoms with E-state index >= 15 is 0 Å². The van der Waals surface area contributed by atoms with E-state index in [9.17, 15) is 14.4 Å². The summed E-state index contributed by atoms with van der Waals surface area (Å²) in [4.78, 5) is 37.3. The van der Waals surface area contributed by atoms with E-state index in [2.05, 4.69) is 0 Å². The minimum atomic E-state index is -0.700. The summed E-state index contributed by atoms with van der Waals surface area (Å²) in [5.74, 6) is 0.319. The molecule has 0 aromatic carbocycles. The van der Waals surface area contributed by atoms with Crippen LogP contribution >= 0.6 is 0 Å². The minimum Gasteiger partial charge on any atom is -0.443 e. The van der Waals surface area contributed by atoms with Gasteiger partial charge in [-0.05, 0) is 53.4 Å². The van der Waals surface area contributed by atoms with Gasteiger partial charge in [-0.15, -0.1) is 0 Å². The normalized spacial score (nSPS) is 27.2. The van der Waals surface area contributed by atoms with Gasteiger partial charge in [0.25, 0.3) is 0 Å². The highest BCUT2D eigenvalue weighted by atomic mass is 16.6. The summed E-state index contributed by atoms with van der Waals surface area (Å²) < 4.78 is 10.7. The number of ketones is 1. The summed E-state index contributed by atoms with van der Waals surface area (Å²) in [7, 11) is 0. The van der Waals surface area contributed by atoms with Gasteiger partial charge < -0.3 is 9.47 Å². The summed E-state index contributed by atoms with van der Waals surface area (Å²) in [6.45, 7) is 10.5. The molecule has 124 valence electrons. The maximum Gasteiger partial charge on any atom is 0.420 e. The summed E-state index contributed by atoms with van der Waals surface area (Å²) in [5, 5.41) is 0. The molecule has 0 N–H and O–H groups in total. The monoisotopic (exact) mass is 311 g/mol. The van der Waals surface area contributed by atoms with Crippen LogP contribution in [0.4, 0.5) is 9.59 Å². The molecule has 0 unspecified atom stereocenters. The highest BCUT2D eigenvalue weighted by Crippen LogP contribution is 2.53. The lowest BCUT2D eigenvalue weighted by atomic mass is 10.2. The molecule has 0 saturated heterocycles. The number of imide groups is 1. The van der Waals surface area contributed by atoms with Crippen molar-refractivity contribution >= 4 is 18.0 Å². The molecule has 2 rings (SSSR count). The van der Waals surface area contributed by atoms with E-state index in [0.29, 0.717) is 12.8 Å². The van der Waals surface area contributed by atoms with E-state index in [1.165, 1.54) is 0 Å². The van der Waals surface area contributed by atoms with Crippen LogP contribution in [-0.4, -0.2) is 40.1 Å². The van der Waals surface area contributed by atoms with Gasteiger partial charge in [0, 0.05) is 12.8 Å². The Labute approximate surface area is 131 Å². The molecular weight excluding hydrogens is 286 g/mol. The van der Waals surface area contributed by atoms with Gasteiger partial charge in [0.2, 0.25) is 0 Å². The van der Waals surface area contributed by atoms with E-state index in [4.69, 9.17) is 9.47 Å². The van der Waals surface area contributed by atoms with Gasteiger partial charge in [-0.1, -0.05) is 0 Å². The van der Waals surface area contributed by atoms with E-state index in [1.54, 1.807) is 41.5 Å². The fraction of sp³-hybridized carbons (Fsp3) is 0.812. The number of hydrogen-bond donors (Lipinski definition) is 0. The Kier molecular flexibility index (Phi) is 4.00. The van der Waals surface area contributed by atoms with Gasteiger partial charge in [-0.2, -0.15) is 0 Å². The molecule has 2 saturated carbocycles. The molecule has 0 heterocycles. The molecule has 6 heteroatoms. The number of fused-ring (bicyclic) bond motifs is 1.